The topological polar surface area (TPSA) is 77.5 Å². The van der Waals surface area contributed by atoms with Crippen LogP contribution >= 0.6 is 0 Å². The summed E-state index contributed by atoms with van der Waals surface area (Å²) in [5.41, 5.74) is 6.72. The number of rotatable bonds is 1. The molecular weight excluding hydrogens is 232 g/mol. The number of hydrogen-bond donors (Lipinski definition) is 2. The number of benzene rings is 1. The number of fused-ring (bicyclic) bond motifs is 1. The first-order valence-electron chi connectivity index (χ1n) is 5.37. The van der Waals surface area contributed by atoms with Gasteiger partial charge in [0.25, 0.3) is 5.91 Å². The number of nitrogens with two attached hydrogens (primary N) is 1. The molecule has 1 aromatic carbocycles. The quantitative estimate of drug-likeness (QED) is 0.593. The SMILES string of the molecule is Nc1cccc2c1NC(=O)/C(=C\c1ccco1)O2. The fourth-order valence-electron chi connectivity index (χ4n) is 1.70. The Balaban J connectivity index is 2.00. The molecule has 2 aromatic rings. The molecule has 0 bridgehead atoms. The number of furan rings is 1. The van der Waals surface area contributed by atoms with Crippen LogP contribution in [0, 0.1) is 0 Å². The molecule has 90 valence electrons. The van der Waals surface area contributed by atoms with Gasteiger partial charge in [-0.05, 0) is 24.3 Å². The first-order chi connectivity index (χ1) is 8.74. The molecule has 1 aromatic heterocycles. The molecule has 0 saturated heterocycles. The zero-order chi connectivity index (χ0) is 12.5. The monoisotopic (exact) mass is 242 g/mol. The van der Waals surface area contributed by atoms with E-state index in [0.717, 1.165) is 0 Å². The number of carbonyl (C=O) groups is 1. The van der Waals surface area contributed by atoms with Crippen LogP contribution in [0.2, 0.25) is 0 Å². The van der Waals surface area contributed by atoms with Crippen LogP contribution in [0.1, 0.15) is 5.76 Å². The summed E-state index contributed by atoms with van der Waals surface area (Å²) in [5.74, 6) is 0.889. The van der Waals surface area contributed by atoms with Crippen molar-refractivity contribution >= 4 is 23.4 Å². The predicted octanol–water partition coefficient (Wildman–Crippen LogP) is 2.23. The van der Waals surface area contributed by atoms with Crippen molar-refractivity contribution in [3.63, 3.8) is 0 Å². The third kappa shape index (κ3) is 1.71. The summed E-state index contributed by atoms with van der Waals surface area (Å²) >= 11 is 0. The van der Waals surface area contributed by atoms with E-state index in [1.165, 1.54) is 12.3 Å². The van der Waals surface area contributed by atoms with Crippen LogP contribution in [0.3, 0.4) is 0 Å². The number of amides is 1. The van der Waals surface area contributed by atoms with E-state index in [9.17, 15) is 4.79 Å². The predicted molar refractivity (Wildman–Crippen MR) is 66.8 cm³/mol. The molecule has 1 amide bonds. The molecule has 0 radical (unpaired) electrons. The highest BCUT2D eigenvalue weighted by Crippen LogP contribution is 2.35. The Morgan fingerprint density at radius 2 is 2.11 bits per heavy atom. The summed E-state index contributed by atoms with van der Waals surface area (Å²) < 4.78 is 10.6. The van der Waals surface area contributed by atoms with Gasteiger partial charge in [-0.3, -0.25) is 4.79 Å². The molecule has 0 spiro atoms. The van der Waals surface area contributed by atoms with Gasteiger partial charge in [0.1, 0.15) is 11.4 Å². The van der Waals surface area contributed by atoms with E-state index in [2.05, 4.69) is 5.32 Å². The summed E-state index contributed by atoms with van der Waals surface area (Å²) in [4.78, 5) is 11.8. The summed E-state index contributed by atoms with van der Waals surface area (Å²) in [6, 6.07) is 8.67. The van der Waals surface area contributed by atoms with Crippen LogP contribution in [-0.4, -0.2) is 5.91 Å². The van der Waals surface area contributed by atoms with Crippen LogP contribution < -0.4 is 15.8 Å². The number of anilines is 2. The maximum absolute atomic E-state index is 11.8. The summed E-state index contributed by atoms with van der Waals surface area (Å²) in [5, 5.41) is 2.69. The van der Waals surface area contributed by atoms with Crippen LogP contribution in [0.15, 0.2) is 46.8 Å². The van der Waals surface area contributed by atoms with Gasteiger partial charge in [-0.2, -0.15) is 0 Å². The van der Waals surface area contributed by atoms with E-state index >= 15 is 0 Å². The molecule has 0 unspecified atom stereocenters. The van der Waals surface area contributed by atoms with Crippen molar-refractivity contribution in [2.45, 2.75) is 0 Å². The normalized spacial score (nSPS) is 16.0. The largest absolute Gasteiger partial charge is 0.465 e. The minimum atomic E-state index is -0.350. The van der Waals surface area contributed by atoms with Gasteiger partial charge < -0.3 is 20.2 Å². The number of nitrogens with one attached hydrogen (secondary N) is 1. The average molecular weight is 242 g/mol. The number of carbonyl (C=O) groups excluding carboxylic acids is 1. The van der Waals surface area contributed by atoms with Gasteiger partial charge in [0.15, 0.2) is 11.5 Å². The van der Waals surface area contributed by atoms with Crippen LogP contribution in [0.5, 0.6) is 5.75 Å². The molecule has 5 nitrogen and oxygen atoms in total. The molecule has 0 fully saturated rings. The van der Waals surface area contributed by atoms with Crippen molar-refractivity contribution < 1.29 is 13.9 Å². The van der Waals surface area contributed by atoms with Crippen molar-refractivity contribution in [2.75, 3.05) is 11.1 Å². The van der Waals surface area contributed by atoms with Gasteiger partial charge in [-0.15, -0.1) is 0 Å². The number of para-hydroxylation sites is 1. The van der Waals surface area contributed by atoms with Crippen LogP contribution in [0.25, 0.3) is 6.08 Å². The highest BCUT2D eigenvalue weighted by Gasteiger charge is 2.23. The van der Waals surface area contributed by atoms with Gasteiger partial charge in [0, 0.05) is 6.08 Å². The van der Waals surface area contributed by atoms with Crippen LogP contribution in [-0.2, 0) is 4.79 Å². The first kappa shape index (κ1) is 10.5. The van der Waals surface area contributed by atoms with E-state index in [4.69, 9.17) is 14.9 Å². The minimum Gasteiger partial charge on any atom is -0.465 e. The van der Waals surface area contributed by atoms with Gasteiger partial charge in [-0.1, -0.05) is 6.07 Å². The number of hydrogen-bond acceptors (Lipinski definition) is 4. The second-order valence-electron chi connectivity index (χ2n) is 3.80. The van der Waals surface area contributed by atoms with E-state index < -0.39 is 0 Å². The molecule has 3 N–H and O–H groups in total. The molecule has 5 heteroatoms. The van der Waals surface area contributed by atoms with Crippen molar-refractivity contribution in [1.29, 1.82) is 0 Å². The molecule has 3 rings (SSSR count). The summed E-state index contributed by atoms with van der Waals surface area (Å²) in [6.45, 7) is 0. The van der Waals surface area contributed by atoms with Crippen molar-refractivity contribution in [2.24, 2.45) is 0 Å². The van der Waals surface area contributed by atoms with Gasteiger partial charge in [0.2, 0.25) is 0 Å². The Morgan fingerprint density at radius 1 is 1.22 bits per heavy atom. The summed E-state index contributed by atoms with van der Waals surface area (Å²) in [6.07, 6.45) is 3.06. The maximum atomic E-state index is 11.8. The van der Waals surface area contributed by atoms with E-state index in [1.54, 1.807) is 30.3 Å². The van der Waals surface area contributed by atoms with E-state index in [1.807, 2.05) is 0 Å². The molecule has 18 heavy (non-hydrogen) atoms. The molecule has 1 aliphatic heterocycles. The lowest BCUT2D eigenvalue weighted by Gasteiger charge is -2.20. The second-order valence-corrected chi connectivity index (χ2v) is 3.80. The smallest absolute Gasteiger partial charge is 0.291 e. The summed E-state index contributed by atoms with van der Waals surface area (Å²) in [7, 11) is 0. The lowest BCUT2D eigenvalue weighted by molar-refractivity contribution is -0.115. The Kier molecular flexibility index (Phi) is 2.30. The fraction of sp³-hybridized carbons (Fsp3) is 0. The Labute approximate surface area is 103 Å². The highest BCUT2D eigenvalue weighted by atomic mass is 16.5. The Bertz CT molecular complexity index is 630. The molecule has 0 atom stereocenters. The highest BCUT2D eigenvalue weighted by molar-refractivity contribution is 6.09. The number of ether oxygens (including phenoxy) is 1. The lowest BCUT2D eigenvalue weighted by atomic mass is 10.2. The van der Waals surface area contributed by atoms with Crippen molar-refractivity contribution in [3.05, 3.63) is 48.1 Å². The fourth-order valence-corrected chi connectivity index (χ4v) is 1.70. The molecule has 2 heterocycles. The number of nitrogen functional groups attached to an aromatic ring is 1. The zero-order valence-corrected chi connectivity index (χ0v) is 9.34. The molecule has 1 aliphatic rings. The van der Waals surface area contributed by atoms with Crippen molar-refractivity contribution in [3.8, 4) is 5.75 Å². The van der Waals surface area contributed by atoms with E-state index in [-0.39, 0.29) is 11.7 Å². The minimum absolute atomic E-state index is 0.169. The Hall–Kier alpha value is -2.69. The zero-order valence-electron chi connectivity index (χ0n) is 9.34. The second kappa shape index (κ2) is 3.96. The lowest BCUT2D eigenvalue weighted by Crippen LogP contribution is -2.24. The van der Waals surface area contributed by atoms with Gasteiger partial charge in [-0.25, -0.2) is 0 Å². The average Bonchev–Trinajstić information content (AvgIpc) is 2.84. The van der Waals surface area contributed by atoms with E-state index in [0.29, 0.717) is 22.9 Å². The maximum Gasteiger partial charge on any atom is 0.291 e. The first-order valence-corrected chi connectivity index (χ1v) is 5.37. The molecule has 0 aliphatic carbocycles. The van der Waals surface area contributed by atoms with Crippen LogP contribution in [0.4, 0.5) is 11.4 Å². The standard InChI is InChI=1S/C13H10N2O3/c14-9-4-1-5-10-12(9)15-13(16)11(18-10)7-8-3-2-6-17-8/h1-7H,14H2,(H,15,16)/b11-7+. The third-order valence-corrected chi connectivity index (χ3v) is 2.56. The Morgan fingerprint density at radius 3 is 2.89 bits per heavy atom. The van der Waals surface area contributed by atoms with Gasteiger partial charge >= 0.3 is 0 Å². The van der Waals surface area contributed by atoms with Gasteiger partial charge in [0.05, 0.1) is 12.0 Å². The molecular formula is C13H10N2O3. The van der Waals surface area contributed by atoms with Crippen molar-refractivity contribution in [1.82, 2.24) is 0 Å². The molecule has 0 saturated carbocycles. The third-order valence-electron chi connectivity index (χ3n) is 2.56.